The minimum atomic E-state index is -1.42. The SMILES string of the molecule is CN[C@@H](C)C(=O)N[C@@H](CCN)C(=O)C[C@H](C(=O)NC(C)C(=O)C[C@H]1CCNC(=O)[C@H]([C@@H](C)O)CC(=O)[C@H](CCN)NC(=O)[C@H](CCN)NC(=O)[C@H](CC(C)C)NC(=O)[C@@H](Cc2ccccc2)CC(=O)[C@H](CCN)NC1=O)[C@@H](C)O. The van der Waals surface area contributed by atoms with Gasteiger partial charge in [-0.25, -0.2) is 0 Å². The van der Waals surface area contributed by atoms with Gasteiger partial charge in [0.25, 0.3) is 0 Å². The average Bonchev–Trinajstić information content (AvgIpc) is 3.39. The van der Waals surface area contributed by atoms with E-state index in [1.165, 1.54) is 20.8 Å². The zero-order chi connectivity index (χ0) is 59.5. The van der Waals surface area contributed by atoms with Gasteiger partial charge in [-0.3, -0.25) is 52.7 Å². The molecule has 1 aromatic carbocycles. The highest BCUT2D eigenvalue weighted by atomic mass is 16.3. The van der Waals surface area contributed by atoms with E-state index in [0.717, 1.165) is 0 Å². The molecule has 13 atom stereocenters. The first kappa shape index (κ1) is 69.0. The normalized spacial score (nSPS) is 24.0. The molecular weight excluding hydrogens is 1020 g/mol. The third-order valence-electron chi connectivity index (χ3n) is 14.0. The second kappa shape index (κ2) is 35.5. The summed E-state index contributed by atoms with van der Waals surface area (Å²) < 4.78 is 0. The van der Waals surface area contributed by atoms with Crippen molar-refractivity contribution in [1.29, 1.82) is 0 Å². The number of carbonyl (C=O) groups is 11. The van der Waals surface area contributed by atoms with Crippen molar-refractivity contribution >= 4 is 64.5 Å². The Kier molecular flexibility index (Phi) is 31.0. The third-order valence-corrected chi connectivity index (χ3v) is 14.0. The van der Waals surface area contributed by atoms with Crippen LogP contribution in [-0.2, 0) is 59.2 Å². The molecule has 1 heterocycles. The van der Waals surface area contributed by atoms with E-state index in [2.05, 4.69) is 42.5 Å². The summed E-state index contributed by atoms with van der Waals surface area (Å²) >= 11 is 0. The van der Waals surface area contributed by atoms with Crippen molar-refractivity contribution in [2.45, 2.75) is 167 Å². The first-order valence-electron chi connectivity index (χ1n) is 27.4. The number of nitrogens with two attached hydrogens (primary N) is 4. The number of Topliss-reactive ketones (excluding diaryl/α,β-unsaturated/α-hetero) is 4. The molecule has 25 nitrogen and oxygen atoms in total. The van der Waals surface area contributed by atoms with Gasteiger partial charge in [-0.05, 0) is 117 Å². The fourth-order valence-electron chi connectivity index (χ4n) is 9.00. The number of hydrogen-bond donors (Lipinski definition) is 14. The van der Waals surface area contributed by atoms with Crippen molar-refractivity contribution < 1.29 is 63.0 Å². The topological polar surface area (TPSA) is 429 Å². The highest BCUT2D eigenvalue weighted by molar-refractivity contribution is 5.99. The molecule has 1 unspecified atom stereocenters. The first-order valence-corrected chi connectivity index (χ1v) is 27.4. The molecule has 18 N–H and O–H groups in total. The van der Waals surface area contributed by atoms with Gasteiger partial charge < -0.3 is 75.7 Å². The minimum absolute atomic E-state index is 0.0152. The second-order valence-corrected chi connectivity index (χ2v) is 21.0. The number of ketones is 4. The molecular formula is C54H90N12O13. The molecule has 0 spiro atoms. The van der Waals surface area contributed by atoms with Gasteiger partial charge in [0.1, 0.15) is 12.1 Å². The molecule has 25 heteroatoms. The quantitative estimate of drug-likeness (QED) is 0.0458. The van der Waals surface area contributed by atoms with Crippen LogP contribution in [0.1, 0.15) is 111 Å². The zero-order valence-electron chi connectivity index (χ0n) is 47.0. The summed E-state index contributed by atoms with van der Waals surface area (Å²) in [5, 5.41) is 42.7. The van der Waals surface area contributed by atoms with Gasteiger partial charge in [-0.1, -0.05) is 44.2 Å². The molecule has 1 aliphatic rings. The lowest BCUT2D eigenvalue weighted by Crippen LogP contribution is -2.57. The molecule has 1 fully saturated rings. The van der Waals surface area contributed by atoms with Crippen molar-refractivity contribution in [1.82, 2.24) is 42.5 Å². The maximum Gasteiger partial charge on any atom is 0.243 e. The molecule has 444 valence electrons. The van der Waals surface area contributed by atoms with E-state index in [9.17, 15) is 63.0 Å². The van der Waals surface area contributed by atoms with Crippen LogP contribution in [0.25, 0.3) is 0 Å². The Labute approximate surface area is 463 Å². The Morgan fingerprint density at radius 2 is 1.15 bits per heavy atom. The Balaban J connectivity index is 2.67. The Bertz CT molecular complexity index is 2200. The van der Waals surface area contributed by atoms with E-state index in [-0.39, 0.29) is 83.6 Å². The smallest absolute Gasteiger partial charge is 0.243 e. The minimum Gasteiger partial charge on any atom is -0.393 e. The molecule has 79 heavy (non-hydrogen) atoms. The third kappa shape index (κ3) is 23.6. The summed E-state index contributed by atoms with van der Waals surface area (Å²) in [6.07, 6.45) is -5.41. The van der Waals surface area contributed by atoms with E-state index in [1.54, 1.807) is 44.3 Å². The van der Waals surface area contributed by atoms with E-state index >= 15 is 0 Å². The molecule has 0 aromatic heterocycles. The predicted octanol–water partition coefficient (Wildman–Crippen LogP) is -3.21. The number of aliphatic hydroxyl groups is 2. The summed E-state index contributed by atoms with van der Waals surface area (Å²) in [5.41, 5.74) is 24.1. The fraction of sp³-hybridized carbons (Fsp3) is 0.685. The zero-order valence-corrected chi connectivity index (χ0v) is 47.0. The van der Waals surface area contributed by atoms with Crippen LogP contribution >= 0.6 is 0 Å². The molecule has 1 saturated heterocycles. The van der Waals surface area contributed by atoms with Crippen LogP contribution in [0, 0.1) is 29.6 Å². The van der Waals surface area contributed by atoms with Gasteiger partial charge in [-0.15, -0.1) is 0 Å². The van der Waals surface area contributed by atoms with Gasteiger partial charge in [-0.2, -0.15) is 0 Å². The van der Waals surface area contributed by atoms with E-state index < -0.39 is 168 Å². The number of benzene rings is 1. The van der Waals surface area contributed by atoms with E-state index in [1.807, 2.05) is 13.8 Å². The van der Waals surface area contributed by atoms with Crippen molar-refractivity contribution in [3.63, 3.8) is 0 Å². The maximum absolute atomic E-state index is 14.5. The van der Waals surface area contributed by atoms with Crippen molar-refractivity contribution in [2.24, 2.45) is 52.5 Å². The molecule has 0 aliphatic carbocycles. The largest absolute Gasteiger partial charge is 0.393 e. The Morgan fingerprint density at radius 1 is 0.620 bits per heavy atom. The fourth-order valence-corrected chi connectivity index (χ4v) is 9.00. The van der Waals surface area contributed by atoms with Crippen LogP contribution in [0.15, 0.2) is 30.3 Å². The second-order valence-electron chi connectivity index (χ2n) is 21.0. The number of likely N-dealkylation sites (N-methyl/N-ethyl adjacent to an activating group) is 1. The number of amides is 7. The number of rotatable bonds is 25. The molecule has 0 radical (unpaired) electrons. The van der Waals surface area contributed by atoms with Crippen LogP contribution in [0.5, 0.6) is 0 Å². The summed E-state index contributed by atoms with van der Waals surface area (Å²) in [6, 6.07) is 0.579. The van der Waals surface area contributed by atoms with Crippen molar-refractivity contribution in [3.05, 3.63) is 35.9 Å². The lowest BCUT2D eigenvalue weighted by atomic mass is 9.89. The van der Waals surface area contributed by atoms with Crippen LogP contribution in [0.2, 0.25) is 0 Å². The Hall–Kier alpha value is -6.09. The number of nitrogens with one attached hydrogen (secondary N) is 8. The van der Waals surface area contributed by atoms with Crippen LogP contribution < -0.4 is 65.5 Å². The summed E-state index contributed by atoms with van der Waals surface area (Å²) in [6.45, 7) is 8.51. The molecule has 1 aromatic rings. The molecule has 1 aliphatic heterocycles. The van der Waals surface area contributed by atoms with Crippen LogP contribution in [0.3, 0.4) is 0 Å². The first-order chi connectivity index (χ1) is 37.3. The molecule has 2 rings (SSSR count). The summed E-state index contributed by atoms with van der Waals surface area (Å²) in [7, 11) is 1.56. The highest BCUT2D eigenvalue weighted by Gasteiger charge is 2.38. The summed E-state index contributed by atoms with van der Waals surface area (Å²) in [5.74, 6) is -13.3. The lowest BCUT2D eigenvalue weighted by molar-refractivity contribution is -0.137. The Morgan fingerprint density at radius 3 is 1.70 bits per heavy atom. The van der Waals surface area contributed by atoms with Crippen LogP contribution in [-0.4, -0.2) is 169 Å². The maximum atomic E-state index is 14.5. The van der Waals surface area contributed by atoms with E-state index in [4.69, 9.17) is 22.9 Å². The molecule has 0 bridgehead atoms. The number of hydrogen-bond acceptors (Lipinski definition) is 18. The van der Waals surface area contributed by atoms with Gasteiger partial charge in [0, 0.05) is 44.1 Å². The number of aliphatic hydroxyl groups excluding tert-OH is 2. The number of carbonyl (C=O) groups excluding carboxylic acids is 11. The summed E-state index contributed by atoms with van der Waals surface area (Å²) in [4.78, 5) is 153. The standard InChI is InChI=1S/C54H90N12O13/c1-29(2)23-43-54(79)65-42(16-21-58)53(78)64-41(15-20-57)46(71)27-37(32(5)67)51(76)60-22-17-35(49(74)63-39(13-18-55)45(70)26-36(50(75)66-43)24-34-11-9-8-10-12-34)25-44(69)30(3)61-52(77)38(33(6)68)28-47(72)40(14-19-56)62-48(73)31(4)59-7/h8-12,29-33,35-43,59,67-68H,13-28,55-58H2,1-7H3,(H,60,76)(H,61,77)(H,62,73)(H,63,74)(H,64,78)(H,65,79)(H,66,75)/t30?,31-,32+,33+,35+,36-,37-,38-,39-,40-,41-,42-,43-/m0/s1. The monoisotopic (exact) mass is 1110 g/mol. The molecule has 7 amide bonds. The predicted molar refractivity (Wildman–Crippen MR) is 294 cm³/mol. The van der Waals surface area contributed by atoms with Gasteiger partial charge >= 0.3 is 0 Å². The van der Waals surface area contributed by atoms with Crippen molar-refractivity contribution in [3.8, 4) is 0 Å². The van der Waals surface area contributed by atoms with Gasteiger partial charge in [0.15, 0.2) is 23.1 Å². The van der Waals surface area contributed by atoms with Crippen molar-refractivity contribution in [2.75, 3.05) is 39.8 Å². The average molecular weight is 1120 g/mol. The highest BCUT2D eigenvalue weighted by Crippen LogP contribution is 2.21. The molecule has 0 saturated carbocycles. The van der Waals surface area contributed by atoms with Gasteiger partial charge in [0.2, 0.25) is 41.4 Å². The van der Waals surface area contributed by atoms with Crippen LogP contribution in [0.4, 0.5) is 0 Å². The van der Waals surface area contributed by atoms with Gasteiger partial charge in [0.05, 0.1) is 54.3 Å². The van der Waals surface area contributed by atoms with E-state index in [0.29, 0.717) is 5.56 Å². The lowest BCUT2D eigenvalue weighted by Gasteiger charge is -2.27.